The van der Waals surface area contributed by atoms with Crippen LogP contribution >= 0.6 is 23.2 Å². The van der Waals surface area contributed by atoms with Crippen molar-refractivity contribution in [2.24, 2.45) is 0 Å². The van der Waals surface area contributed by atoms with Crippen LogP contribution in [0.15, 0.2) is 41.0 Å². The number of nitrogens with one attached hydrogen (secondary N) is 1. The minimum atomic E-state index is -0.946. The number of carbonyl (C=O) groups is 1. The fourth-order valence-corrected chi connectivity index (χ4v) is 2.57. The Kier molecular flexibility index (Phi) is 5.67. The van der Waals surface area contributed by atoms with Crippen molar-refractivity contribution in [3.63, 3.8) is 0 Å². The summed E-state index contributed by atoms with van der Waals surface area (Å²) in [6, 6.07) is 8.57. The zero-order valence-corrected chi connectivity index (χ0v) is 12.7. The quantitative estimate of drug-likeness (QED) is 0.855. The van der Waals surface area contributed by atoms with Crippen LogP contribution in [0.5, 0.6) is 0 Å². The van der Waals surface area contributed by atoms with E-state index in [4.69, 9.17) is 27.6 Å². The van der Waals surface area contributed by atoms with Gasteiger partial charge in [-0.15, -0.1) is 0 Å². The lowest BCUT2D eigenvalue weighted by molar-refractivity contribution is -0.121. The normalized spacial score (nSPS) is 12.1. The molecule has 0 bridgehead atoms. The van der Waals surface area contributed by atoms with E-state index in [1.165, 1.54) is 0 Å². The summed E-state index contributed by atoms with van der Waals surface area (Å²) in [5.41, 5.74) is 0.423. The summed E-state index contributed by atoms with van der Waals surface area (Å²) >= 11 is 12.0. The van der Waals surface area contributed by atoms with Crippen LogP contribution in [0.3, 0.4) is 0 Å². The summed E-state index contributed by atoms with van der Waals surface area (Å²) in [4.78, 5) is 11.7. The number of amides is 1. The number of rotatable bonds is 6. The van der Waals surface area contributed by atoms with Gasteiger partial charge < -0.3 is 14.8 Å². The van der Waals surface area contributed by atoms with Crippen molar-refractivity contribution in [2.75, 3.05) is 6.54 Å². The molecule has 2 N–H and O–H groups in total. The smallest absolute Gasteiger partial charge is 0.220 e. The lowest BCUT2D eigenvalue weighted by Gasteiger charge is -2.15. The van der Waals surface area contributed by atoms with E-state index in [9.17, 15) is 9.90 Å². The van der Waals surface area contributed by atoms with Crippen molar-refractivity contribution in [1.29, 1.82) is 0 Å². The molecule has 0 fully saturated rings. The molecule has 1 amide bonds. The van der Waals surface area contributed by atoms with Gasteiger partial charge in [0.05, 0.1) is 12.4 Å². The van der Waals surface area contributed by atoms with Gasteiger partial charge in [-0.3, -0.25) is 4.79 Å². The number of hydrogen-bond acceptors (Lipinski definition) is 3. The molecule has 0 spiro atoms. The molecular formula is C15H15Cl2NO3. The van der Waals surface area contributed by atoms with Crippen molar-refractivity contribution in [3.8, 4) is 0 Å². The number of aliphatic hydroxyl groups is 1. The van der Waals surface area contributed by atoms with Crippen LogP contribution in [0, 0.1) is 0 Å². The van der Waals surface area contributed by atoms with Crippen LogP contribution in [0.1, 0.15) is 23.8 Å². The van der Waals surface area contributed by atoms with Gasteiger partial charge in [0.25, 0.3) is 0 Å². The van der Waals surface area contributed by atoms with Crippen LogP contribution in [0.4, 0.5) is 0 Å². The average Bonchev–Trinajstić information content (AvgIpc) is 2.96. The molecule has 0 aliphatic heterocycles. The van der Waals surface area contributed by atoms with E-state index < -0.39 is 6.10 Å². The number of aryl methyl sites for hydroxylation is 1. The maximum Gasteiger partial charge on any atom is 0.220 e. The lowest BCUT2D eigenvalue weighted by Crippen LogP contribution is -2.28. The van der Waals surface area contributed by atoms with Gasteiger partial charge in [0, 0.05) is 35.0 Å². The molecule has 1 aromatic heterocycles. The second-order valence-corrected chi connectivity index (χ2v) is 5.35. The van der Waals surface area contributed by atoms with Crippen LogP contribution < -0.4 is 5.32 Å². The Balaban J connectivity index is 1.83. The van der Waals surface area contributed by atoms with Crippen molar-refractivity contribution in [3.05, 3.63) is 58.0 Å². The highest BCUT2D eigenvalue weighted by atomic mass is 35.5. The van der Waals surface area contributed by atoms with E-state index in [-0.39, 0.29) is 18.9 Å². The second kappa shape index (κ2) is 7.50. The highest BCUT2D eigenvalue weighted by molar-refractivity contribution is 6.36. The van der Waals surface area contributed by atoms with E-state index >= 15 is 0 Å². The Labute approximate surface area is 132 Å². The number of halogens is 2. The molecular weight excluding hydrogens is 313 g/mol. The van der Waals surface area contributed by atoms with Crippen molar-refractivity contribution in [1.82, 2.24) is 5.32 Å². The van der Waals surface area contributed by atoms with Gasteiger partial charge >= 0.3 is 0 Å². The predicted molar refractivity (Wildman–Crippen MR) is 81.5 cm³/mol. The first-order valence-corrected chi connectivity index (χ1v) is 7.24. The monoisotopic (exact) mass is 327 g/mol. The first kappa shape index (κ1) is 15.9. The lowest BCUT2D eigenvalue weighted by atomic mass is 10.1. The summed E-state index contributed by atoms with van der Waals surface area (Å²) in [7, 11) is 0. The second-order valence-electron chi connectivity index (χ2n) is 4.53. The molecule has 2 rings (SSSR count). The Morgan fingerprint density at radius 2 is 1.95 bits per heavy atom. The van der Waals surface area contributed by atoms with Gasteiger partial charge in [0.15, 0.2) is 0 Å². The van der Waals surface area contributed by atoms with Gasteiger partial charge in [-0.2, -0.15) is 0 Å². The van der Waals surface area contributed by atoms with E-state index in [0.29, 0.717) is 22.0 Å². The Bertz CT molecular complexity index is 579. The molecule has 2 aromatic rings. The largest absolute Gasteiger partial charge is 0.469 e. The first-order chi connectivity index (χ1) is 10.1. The van der Waals surface area contributed by atoms with E-state index in [0.717, 1.165) is 5.76 Å². The topological polar surface area (TPSA) is 62.5 Å². The molecule has 1 aromatic carbocycles. The molecule has 0 radical (unpaired) electrons. The van der Waals surface area contributed by atoms with E-state index in [1.807, 2.05) is 6.07 Å². The third-order valence-corrected chi connectivity index (χ3v) is 3.66. The van der Waals surface area contributed by atoms with Crippen molar-refractivity contribution >= 4 is 29.1 Å². The summed E-state index contributed by atoms with van der Waals surface area (Å²) in [5.74, 6) is 0.577. The van der Waals surface area contributed by atoms with Crippen molar-refractivity contribution < 1.29 is 14.3 Å². The number of benzene rings is 1. The fourth-order valence-electron chi connectivity index (χ4n) is 1.92. The summed E-state index contributed by atoms with van der Waals surface area (Å²) < 4.78 is 5.15. The molecule has 0 saturated heterocycles. The van der Waals surface area contributed by atoms with E-state index in [1.54, 1.807) is 30.5 Å². The Hall–Kier alpha value is -1.49. The zero-order chi connectivity index (χ0) is 15.2. The maximum absolute atomic E-state index is 11.7. The average molecular weight is 328 g/mol. The van der Waals surface area contributed by atoms with Gasteiger partial charge in [0.2, 0.25) is 5.91 Å². The van der Waals surface area contributed by atoms with Gasteiger partial charge in [-0.05, 0) is 24.3 Å². The van der Waals surface area contributed by atoms with Gasteiger partial charge in [0.1, 0.15) is 5.76 Å². The summed E-state index contributed by atoms with van der Waals surface area (Å²) in [6.45, 7) is 0.0560. The maximum atomic E-state index is 11.7. The van der Waals surface area contributed by atoms with Crippen LogP contribution in [0.25, 0.3) is 0 Å². The van der Waals surface area contributed by atoms with Crippen LogP contribution in [0.2, 0.25) is 10.0 Å². The molecule has 0 aliphatic rings. The molecule has 1 atom stereocenters. The number of aliphatic hydroxyl groups excluding tert-OH is 1. The van der Waals surface area contributed by atoms with Crippen molar-refractivity contribution in [2.45, 2.75) is 18.9 Å². The SMILES string of the molecule is O=C(CCc1ccco1)NC[C@H](O)c1c(Cl)cccc1Cl. The Morgan fingerprint density at radius 1 is 1.24 bits per heavy atom. The fraction of sp³-hybridized carbons (Fsp3) is 0.267. The minimum absolute atomic E-state index is 0.0560. The molecule has 0 aliphatic carbocycles. The Morgan fingerprint density at radius 3 is 2.57 bits per heavy atom. The molecule has 0 unspecified atom stereocenters. The third kappa shape index (κ3) is 4.49. The summed E-state index contributed by atoms with van der Waals surface area (Å²) in [5, 5.41) is 13.5. The van der Waals surface area contributed by atoms with E-state index in [2.05, 4.69) is 5.32 Å². The zero-order valence-electron chi connectivity index (χ0n) is 11.2. The highest BCUT2D eigenvalue weighted by Crippen LogP contribution is 2.29. The first-order valence-electron chi connectivity index (χ1n) is 6.49. The molecule has 4 nitrogen and oxygen atoms in total. The minimum Gasteiger partial charge on any atom is -0.469 e. The third-order valence-electron chi connectivity index (χ3n) is 3.00. The van der Waals surface area contributed by atoms with Crippen LogP contribution in [-0.2, 0) is 11.2 Å². The highest BCUT2D eigenvalue weighted by Gasteiger charge is 2.16. The number of furan rings is 1. The molecule has 112 valence electrons. The molecule has 21 heavy (non-hydrogen) atoms. The standard InChI is InChI=1S/C15H15Cl2NO3/c16-11-4-1-5-12(17)15(11)13(19)9-18-14(20)7-6-10-3-2-8-21-10/h1-5,8,13,19H,6-7,9H2,(H,18,20)/t13-/m0/s1. The van der Waals surface area contributed by atoms with Crippen LogP contribution in [-0.4, -0.2) is 17.6 Å². The predicted octanol–water partition coefficient (Wildman–Crippen LogP) is 3.37. The molecule has 1 heterocycles. The molecule has 0 saturated carbocycles. The number of carbonyl (C=O) groups excluding carboxylic acids is 1. The molecule has 6 heteroatoms. The van der Waals surface area contributed by atoms with Gasteiger partial charge in [-0.1, -0.05) is 29.3 Å². The summed E-state index contributed by atoms with van der Waals surface area (Å²) in [6.07, 6.45) is 1.42. The van der Waals surface area contributed by atoms with Gasteiger partial charge in [-0.25, -0.2) is 0 Å². The number of hydrogen-bond donors (Lipinski definition) is 2.